The first-order valence-electron chi connectivity index (χ1n) is 5.41. The Labute approximate surface area is 105 Å². The van der Waals surface area contributed by atoms with Crippen molar-refractivity contribution in [3.05, 3.63) is 59.8 Å². The highest BCUT2D eigenvalue weighted by atomic mass is 16.2. The number of anilines is 1. The molecule has 0 fully saturated rings. The number of hydrogen-bond donors (Lipinski definition) is 0. The SMILES string of the molecule is CN(C(=O)c1ccccc1)c1ccc(C#N)cn1. The number of carbonyl (C=O) groups excluding carboxylic acids is 1. The van der Waals surface area contributed by atoms with Crippen molar-refractivity contribution in [3.63, 3.8) is 0 Å². The first-order valence-corrected chi connectivity index (χ1v) is 5.41. The number of carbonyl (C=O) groups is 1. The van der Waals surface area contributed by atoms with Crippen molar-refractivity contribution < 1.29 is 4.79 Å². The van der Waals surface area contributed by atoms with Gasteiger partial charge >= 0.3 is 0 Å². The van der Waals surface area contributed by atoms with Gasteiger partial charge in [0.05, 0.1) is 5.56 Å². The molecular formula is C14H11N3O. The minimum absolute atomic E-state index is 0.132. The summed E-state index contributed by atoms with van der Waals surface area (Å²) in [5.74, 6) is 0.385. The number of nitriles is 1. The van der Waals surface area contributed by atoms with E-state index in [1.807, 2.05) is 24.3 Å². The van der Waals surface area contributed by atoms with Crippen LogP contribution < -0.4 is 4.90 Å². The van der Waals surface area contributed by atoms with Gasteiger partial charge in [0.1, 0.15) is 11.9 Å². The lowest BCUT2D eigenvalue weighted by atomic mass is 10.2. The smallest absolute Gasteiger partial charge is 0.259 e. The Morgan fingerprint density at radius 3 is 2.50 bits per heavy atom. The van der Waals surface area contributed by atoms with Crippen molar-refractivity contribution in [2.75, 3.05) is 11.9 Å². The molecule has 0 N–H and O–H groups in total. The lowest BCUT2D eigenvalue weighted by molar-refractivity contribution is 0.0992. The number of rotatable bonds is 2. The van der Waals surface area contributed by atoms with Gasteiger partial charge in [0.2, 0.25) is 0 Å². The molecule has 0 saturated carbocycles. The summed E-state index contributed by atoms with van der Waals surface area (Å²) in [6.07, 6.45) is 1.45. The van der Waals surface area contributed by atoms with Crippen LogP contribution in [0.3, 0.4) is 0 Å². The van der Waals surface area contributed by atoms with Gasteiger partial charge in [0.25, 0.3) is 5.91 Å². The van der Waals surface area contributed by atoms with E-state index in [2.05, 4.69) is 4.98 Å². The molecule has 0 radical (unpaired) electrons. The van der Waals surface area contributed by atoms with Crippen LogP contribution in [0.5, 0.6) is 0 Å². The number of benzene rings is 1. The Bertz CT molecular complexity index is 585. The quantitative estimate of drug-likeness (QED) is 0.804. The number of amides is 1. The predicted molar refractivity (Wildman–Crippen MR) is 68.1 cm³/mol. The summed E-state index contributed by atoms with van der Waals surface area (Å²) in [6.45, 7) is 0. The summed E-state index contributed by atoms with van der Waals surface area (Å²) in [6, 6.07) is 14.3. The average Bonchev–Trinajstić information content (AvgIpc) is 2.47. The van der Waals surface area contributed by atoms with Gasteiger partial charge < -0.3 is 0 Å². The normalized spacial score (nSPS) is 9.56. The summed E-state index contributed by atoms with van der Waals surface area (Å²) in [4.78, 5) is 17.7. The first-order chi connectivity index (χ1) is 8.72. The average molecular weight is 237 g/mol. The highest BCUT2D eigenvalue weighted by molar-refractivity contribution is 6.05. The molecule has 0 saturated heterocycles. The highest BCUT2D eigenvalue weighted by Gasteiger charge is 2.13. The number of aromatic nitrogens is 1. The second-order valence-corrected chi connectivity index (χ2v) is 3.75. The minimum Gasteiger partial charge on any atom is -0.296 e. The monoisotopic (exact) mass is 237 g/mol. The Morgan fingerprint density at radius 1 is 1.22 bits per heavy atom. The largest absolute Gasteiger partial charge is 0.296 e. The molecule has 0 spiro atoms. The first kappa shape index (κ1) is 11.8. The number of hydrogen-bond acceptors (Lipinski definition) is 3. The van der Waals surface area contributed by atoms with Crippen LogP contribution in [0.4, 0.5) is 5.82 Å². The number of nitrogens with zero attached hydrogens (tertiary/aromatic N) is 3. The van der Waals surface area contributed by atoms with Crippen LogP contribution in [0.15, 0.2) is 48.7 Å². The third-order valence-corrected chi connectivity index (χ3v) is 2.55. The molecule has 1 amide bonds. The van der Waals surface area contributed by atoms with Crippen LogP contribution in [0.2, 0.25) is 0 Å². The molecule has 0 aliphatic carbocycles. The van der Waals surface area contributed by atoms with Crippen molar-refractivity contribution >= 4 is 11.7 Å². The maximum atomic E-state index is 12.1. The molecule has 4 heteroatoms. The van der Waals surface area contributed by atoms with E-state index < -0.39 is 0 Å². The second-order valence-electron chi connectivity index (χ2n) is 3.75. The Hall–Kier alpha value is -2.67. The molecule has 0 unspecified atom stereocenters. The Morgan fingerprint density at radius 2 is 1.94 bits per heavy atom. The van der Waals surface area contributed by atoms with Crippen LogP contribution in [-0.4, -0.2) is 17.9 Å². The maximum Gasteiger partial charge on any atom is 0.259 e. The standard InChI is InChI=1S/C14H11N3O/c1-17(13-8-7-11(9-15)10-16-13)14(18)12-5-3-2-4-6-12/h2-8,10H,1H3. The maximum absolute atomic E-state index is 12.1. The van der Waals surface area contributed by atoms with Gasteiger partial charge in [-0.1, -0.05) is 18.2 Å². The van der Waals surface area contributed by atoms with Gasteiger partial charge in [-0.2, -0.15) is 5.26 Å². The van der Waals surface area contributed by atoms with Gasteiger partial charge in [-0.05, 0) is 24.3 Å². The van der Waals surface area contributed by atoms with E-state index in [-0.39, 0.29) is 5.91 Å². The van der Waals surface area contributed by atoms with Crippen molar-refractivity contribution in [2.45, 2.75) is 0 Å². The summed E-state index contributed by atoms with van der Waals surface area (Å²) < 4.78 is 0. The molecule has 2 aromatic rings. The summed E-state index contributed by atoms with van der Waals surface area (Å²) >= 11 is 0. The fourth-order valence-electron chi connectivity index (χ4n) is 1.53. The molecule has 1 aromatic carbocycles. The van der Waals surface area contributed by atoms with Gasteiger partial charge in [-0.3, -0.25) is 9.69 Å². The van der Waals surface area contributed by atoms with Crippen molar-refractivity contribution in [1.29, 1.82) is 5.26 Å². The zero-order valence-electron chi connectivity index (χ0n) is 9.87. The molecule has 1 aromatic heterocycles. The van der Waals surface area contributed by atoms with Crippen LogP contribution in [0.1, 0.15) is 15.9 Å². The van der Waals surface area contributed by atoms with Gasteiger partial charge in [-0.25, -0.2) is 4.98 Å². The molecule has 0 aliphatic rings. The van der Waals surface area contributed by atoms with E-state index >= 15 is 0 Å². The molecule has 0 bridgehead atoms. The van der Waals surface area contributed by atoms with Crippen molar-refractivity contribution in [2.24, 2.45) is 0 Å². The zero-order chi connectivity index (χ0) is 13.0. The molecule has 88 valence electrons. The predicted octanol–water partition coefficient (Wildman–Crippen LogP) is 2.23. The summed E-state index contributed by atoms with van der Waals surface area (Å²) in [5.41, 5.74) is 1.07. The van der Waals surface area contributed by atoms with E-state index in [4.69, 9.17) is 5.26 Å². The Kier molecular flexibility index (Phi) is 3.35. The molecule has 18 heavy (non-hydrogen) atoms. The van der Waals surface area contributed by atoms with E-state index in [0.29, 0.717) is 16.9 Å². The fourth-order valence-corrected chi connectivity index (χ4v) is 1.53. The summed E-state index contributed by atoms with van der Waals surface area (Å²) in [5, 5.41) is 8.68. The molecular weight excluding hydrogens is 226 g/mol. The second kappa shape index (κ2) is 5.11. The fraction of sp³-hybridized carbons (Fsp3) is 0.0714. The van der Waals surface area contributed by atoms with Gasteiger partial charge in [-0.15, -0.1) is 0 Å². The van der Waals surface area contributed by atoms with Crippen molar-refractivity contribution in [3.8, 4) is 6.07 Å². The van der Waals surface area contributed by atoms with Crippen LogP contribution in [0, 0.1) is 11.3 Å². The van der Waals surface area contributed by atoms with E-state index in [9.17, 15) is 4.79 Å². The lowest BCUT2D eigenvalue weighted by Gasteiger charge is -2.15. The molecule has 0 aliphatic heterocycles. The van der Waals surface area contributed by atoms with Crippen LogP contribution >= 0.6 is 0 Å². The van der Waals surface area contributed by atoms with Crippen LogP contribution in [-0.2, 0) is 0 Å². The van der Waals surface area contributed by atoms with E-state index in [0.717, 1.165) is 0 Å². The Balaban J connectivity index is 2.23. The third-order valence-electron chi connectivity index (χ3n) is 2.55. The molecule has 2 rings (SSSR count). The van der Waals surface area contributed by atoms with Crippen molar-refractivity contribution in [1.82, 2.24) is 4.98 Å². The van der Waals surface area contributed by atoms with Gasteiger partial charge in [0.15, 0.2) is 0 Å². The van der Waals surface area contributed by atoms with E-state index in [1.165, 1.54) is 11.1 Å². The third kappa shape index (κ3) is 2.36. The van der Waals surface area contributed by atoms with E-state index in [1.54, 1.807) is 31.3 Å². The topological polar surface area (TPSA) is 57.0 Å². The highest BCUT2D eigenvalue weighted by Crippen LogP contribution is 2.12. The lowest BCUT2D eigenvalue weighted by Crippen LogP contribution is -2.26. The van der Waals surface area contributed by atoms with Crippen LogP contribution in [0.25, 0.3) is 0 Å². The zero-order valence-corrected chi connectivity index (χ0v) is 9.87. The molecule has 1 heterocycles. The van der Waals surface area contributed by atoms with Gasteiger partial charge in [0, 0.05) is 18.8 Å². The number of pyridine rings is 1. The minimum atomic E-state index is -0.132. The molecule has 0 atom stereocenters. The molecule has 4 nitrogen and oxygen atoms in total. The summed E-state index contributed by atoms with van der Waals surface area (Å²) in [7, 11) is 1.66.